The van der Waals surface area contributed by atoms with Crippen molar-refractivity contribution in [2.24, 2.45) is 50.7 Å². The number of methoxy groups -OCH3 is 1. The number of rotatable bonds is 1. The number of ether oxygens (including phenoxy) is 1. The van der Waals surface area contributed by atoms with Crippen LogP contribution in [0.5, 0.6) is 0 Å². The lowest BCUT2D eigenvalue weighted by atomic mass is 9.38. The monoisotopic (exact) mass is 482 g/mol. The molecule has 3 fully saturated rings. The van der Waals surface area contributed by atoms with Gasteiger partial charge in [-0.25, -0.2) is 0 Å². The molecule has 35 heavy (non-hydrogen) atoms. The molecule has 0 saturated heterocycles. The average Bonchev–Trinajstić information content (AvgIpc) is 2.79. The molecule has 0 amide bonds. The third-order valence-corrected chi connectivity index (χ3v) is 11.8. The summed E-state index contributed by atoms with van der Waals surface area (Å²) < 4.78 is 5.20. The highest BCUT2D eigenvalue weighted by Gasteiger charge is 2.66. The van der Waals surface area contributed by atoms with E-state index < -0.39 is 16.2 Å². The number of aliphatic hydroxyl groups excluding tert-OH is 1. The predicted molar refractivity (Wildman–Crippen MR) is 133 cm³/mol. The summed E-state index contributed by atoms with van der Waals surface area (Å²) in [6.45, 7) is 12.7. The van der Waals surface area contributed by atoms with Crippen LogP contribution in [0.1, 0.15) is 86.5 Å². The molecule has 0 aliphatic heterocycles. The Balaban J connectivity index is 1.61. The van der Waals surface area contributed by atoms with Gasteiger partial charge in [-0.15, -0.1) is 0 Å². The van der Waals surface area contributed by atoms with Crippen molar-refractivity contribution in [2.75, 3.05) is 7.11 Å². The Hall–Kier alpha value is -1.91. The summed E-state index contributed by atoms with van der Waals surface area (Å²) >= 11 is 0. The van der Waals surface area contributed by atoms with E-state index in [1.807, 2.05) is 26.8 Å². The van der Waals surface area contributed by atoms with Gasteiger partial charge in [0.2, 0.25) is 5.78 Å². The highest BCUT2D eigenvalue weighted by atomic mass is 16.5. The lowest BCUT2D eigenvalue weighted by Gasteiger charge is -2.64. The van der Waals surface area contributed by atoms with Crippen LogP contribution in [0.15, 0.2) is 23.5 Å². The van der Waals surface area contributed by atoms with Gasteiger partial charge in [-0.2, -0.15) is 0 Å². The van der Waals surface area contributed by atoms with E-state index in [0.29, 0.717) is 0 Å². The fourth-order valence-corrected chi connectivity index (χ4v) is 9.59. The molecule has 3 saturated carbocycles. The second-order valence-corrected chi connectivity index (χ2v) is 14.0. The van der Waals surface area contributed by atoms with E-state index >= 15 is 0 Å². The molecule has 0 spiro atoms. The summed E-state index contributed by atoms with van der Waals surface area (Å²) in [4.78, 5) is 39.7. The number of hydrogen-bond acceptors (Lipinski definition) is 5. The molecule has 8 atom stereocenters. The maximum atomic E-state index is 14.1. The molecular weight excluding hydrogens is 440 g/mol. The summed E-state index contributed by atoms with van der Waals surface area (Å²) in [5.41, 5.74) is -0.566. The zero-order chi connectivity index (χ0) is 25.8. The van der Waals surface area contributed by atoms with E-state index in [9.17, 15) is 19.5 Å². The largest absolute Gasteiger partial charge is 0.505 e. The zero-order valence-corrected chi connectivity index (χ0v) is 22.5. The van der Waals surface area contributed by atoms with Crippen LogP contribution in [-0.2, 0) is 19.1 Å². The number of fused-ring (bicyclic) bond motifs is 7. The van der Waals surface area contributed by atoms with Crippen molar-refractivity contribution >= 4 is 17.5 Å². The SMILES string of the molecule is COC(=O)[C@@]1(C)CCC2(C)CC[C@]3(C)C(=CC(=O)[C@H]4C3CC[C@H]3C(C)(C)C(=O)C(O)=C[C@]43C)C2C1. The molecule has 0 heterocycles. The minimum Gasteiger partial charge on any atom is -0.505 e. The normalized spacial score (nSPS) is 48.4. The van der Waals surface area contributed by atoms with Crippen molar-refractivity contribution in [3.05, 3.63) is 23.5 Å². The Labute approximate surface area is 209 Å². The standard InChI is InChI=1S/C30H42O5/c1-26(2)22-9-8-17-23(30(22,6)16-21(32)24(26)33)20(31)14-18-19-15-28(4,25(34)35-7)11-10-27(19,3)12-13-29(17,18)5/h14,16-17,19,22-23,32H,8-13,15H2,1-7H3/t17?,19?,22-,23+,27?,28-,29-,30-/m0/s1. The van der Waals surface area contributed by atoms with Crippen LogP contribution < -0.4 is 0 Å². The molecule has 5 aliphatic carbocycles. The first-order valence-corrected chi connectivity index (χ1v) is 13.4. The summed E-state index contributed by atoms with van der Waals surface area (Å²) in [6.07, 6.45) is 10.1. The molecule has 0 aromatic heterocycles. The van der Waals surface area contributed by atoms with Crippen LogP contribution in [-0.4, -0.2) is 29.8 Å². The second-order valence-electron chi connectivity index (χ2n) is 14.0. The van der Waals surface area contributed by atoms with Crippen molar-refractivity contribution in [2.45, 2.75) is 86.5 Å². The van der Waals surface area contributed by atoms with Crippen LogP contribution in [0.4, 0.5) is 0 Å². The van der Waals surface area contributed by atoms with Crippen LogP contribution in [0.3, 0.4) is 0 Å². The Morgan fingerprint density at radius 2 is 1.66 bits per heavy atom. The highest BCUT2D eigenvalue weighted by Crippen LogP contribution is 2.70. The van der Waals surface area contributed by atoms with Gasteiger partial charge in [-0.3, -0.25) is 14.4 Å². The molecule has 0 aromatic carbocycles. The maximum absolute atomic E-state index is 14.1. The fourth-order valence-electron chi connectivity index (χ4n) is 9.59. The summed E-state index contributed by atoms with van der Waals surface area (Å²) in [5, 5.41) is 10.7. The highest BCUT2D eigenvalue weighted by molar-refractivity contribution is 6.00. The molecule has 3 unspecified atom stereocenters. The Morgan fingerprint density at radius 3 is 2.31 bits per heavy atom. The van der Waals surface area contributed by atoms with Crippen molar-refractivity contribution in [3.8, 4) is 0 Å². The number of carbonyl (C=O) groups excluding carboxylic acids is 3. The molecule has 5 aliphatic rings. The van der Waals surface area contributed by atoms with E-state index in [-0.39, 0.29) is 57.8 Å². The summed E-state index contributed by atoms with van der Waals surface area (Å²) in [6, 6.07) is 0. The molecule has 192 valence electrons. The zero-order valence-electron chi connectivity index (χ0n) is 22.5. The van der Waals surface area contributed by atoms with Crippen LogP contribution >= 0.6 is 0 Å². The number of Topliss-reactive ketones (excluding diaryl/α,β-unsaturated/α-hetero) is 1. The number of carbonyl (C=O) groups is 3. The quantitative estimate of drug-likeness (QED) is 0.465. The molecule has 5 nitrogen and oxygen atoms in total. The van der Waals surface area contributed by atoms with Crippen LogP contribution in [0.25, 0.3) is 0 Å². The van der Waals surface area contributed by atoms with Gasteiger partial charge in [0.1, 0.15) is 0 Å². The molecule has 0 aromatic rings. The number of hydrogen-bond donors (Lipinski definition) is 1. The van der Waals surface area contributed by atoms with E-state index in [1.165, 1.54) is 12.7 Å². The minimum absolute atomic E-state index is 0.0216. The summed E-state index contributed by atoms with van der Waals surface area (Å²) in [5.74, 6) is -0.268. The maximum Gasteiger partial charge on any atom is 0.311 e. The van der Waals surface area contributed by atoms with Crippen molar-refractivity contribution < 1.29 is 24.2 Å². The van der Waals surface area contributed by atoms with Gasteiger partial charge in [0.15, 0.2) is 11.5 Å². The average molecular weight is 483 g/mol. The van der Waals surface area contributed by atoms with Crippen molar-refractivity contribution in [1.29, 1.82) is 0 Å². The first-order chi connectivity index (χ1) is 16.1. The van der Waals surface area contributed by atoms with Gasteiger partial charge in [-0.1, -0.05) is 40.2 Å². The third-order valence-electron chi connectivity index (χ3n) is 11.8. The smallest absolute Gasteiger partial charge is 0.311 e. The topological polar surface area (TPSA) is 80.7 Å². The third kappa shape index (κ3) is 3.08. The van der Waals surface area contributed by atoms with Crippen LogP contribution in [0, 0.1) is 50.7 Å². The van der Waals surface area contributed by atoms with Gasteiger partial charge in [-0.05, 0) is 92.6 Å². The minimum atomic E-state index is -0.694. The first kappa shape index (κ1) is 24.8. The fraction of sp³-hybridized carbons (Fsp3) is 0.767. The Morgan fingerprint density at radius 1 is 1.00 bits per heavy atom. The van der Waals surface area contributed by atoms with Gasteiger partial charge >= 0.3 is 5.97 Å². The molecule has 1 N–H and O–H groups in total. The number of ketones is 2. The van der Waals surface area contributed by atoms with Gasteiger partial charge in [0, 0.05) is 16.7 Å². The lowest BCUT2D eigenvalue weighted by molar-refractivity contribution is -0.160. The Kier molecular flexibility index (Phi) is 5.18. The first-order valence-electron chi connectivity index (χ1n) is 13.4. The molecule has 5 heteroatoms. The Bertz CT molecular complexity index is 1070. The van der Waals surface area contributed by atoms with E-state index in [0.717, 1.165) is 44.9 Å². The molecular formula is C30H42O5. The number of allylic oxidation sites excluding steroid dienone is 4. The second kappa shape index (κ2) is 7.32. The molecule has 0 radical (unpaired) electrons. The molecule has 5 rings (SSSR count). The van der Waals surface area contributed by atoms with Gasteiger partial charge in [0.05, 0.1) is 12.5 Å². The number of aliphatic hydroxyl groups is 1. The number of esters is 1. The summed E-state index contributed by atoms with van der Waals surface area (Å²) in [7, 11) is 1.47. The lowest BCUT2D eigenvalue weighted by Crippen LogP contribution is -2.61. The van der Waals surface area contributed by atoms with Crippen molar-refractivity contribution in [1.82, 2.24) is 0 Å². The molecule has 0 bridgehead atoms. The van der Waals surface area contributed by atoms with Gasteiger partial charge in [0.25, 0.3) is 0 Å². The predicted octanol–water partition coefficient (Wildman–Crippen LogP) is 5.98. The van der Waals surface area contributed by atoms with E-state index in [4.69, 9.17) is 4.74 Å². The van der Waals surface area contributed by atoms with Crippen LogP contribution in [0.2, 0.25) is 0 Å². The van der Waals surface area contributed by atoms with Gasteiger partial charge < -0.3 is 9.84 Å². The van der Waals surface area contributed by atoms with E-state index in [2.05, 4.69) is 20.8 Å². The van der Waals surface area contributed by atoms with E-state index in [1.54, 1.807) is 6.08 Å². The van der Waals surface area contributed by atoms with Crippen molar-refractivity contribution in [3.63, 3.8) is 0 Å².